The third-order valence-electron chi connectivity index (χ3n) is 3.41. The summed E-state index contributed by atoms with van der Waals surface area (Å²) in [6.45, 7) is 8.73. The van der Waals surface area contributed by atoms with Crippen molar-refractivity contribution in [2.45, 2.75) is 46.6 Å². The van der Waals surface area contributed by atoms with Crippen molar-refractivity contribution in [1.29, 1.82) is 0 Å². The van der Waals surface area contributed by atoms with Gasteiger partial charge in [-0.15, -0.1) is 0 Å². The molecule has 0 saturated heterocycles. The second-order valence-corrected chi connectivity index (χ2v) is 5.28. The highest BCUT2D eigenvalue weighted by Gasteiger charge is 2.17. The average molecular weight is 278 g/mol. The number of anilines is 1. The maximum absolute atomic E-state index is 12.3. The van der Waals surface area contributed by atoms with Gasteiger partial charge in [0.1, 0.15) is 0 Å². The lowest BCUT2D eigenvalue weighted by Gasteiger charge is -2.19. The first-order valence-corrected chi connectivity index (χ1v) is 7.31. The summed E-state index contributed by atoms with van der Waals surface area (Å²) in [5, 5.41) is 3.01. The number of para-hydroxylation sites is 1. The molecule has 4 nitrogen and oxygen atoms in total. The molecule has 0 aliphatic heterocycles. The van der Waals surface area contributed by atoms with Gasteiger partial charge in [0.2, 0.25) is 0 Å². The van der Waals surface area contributed by atoms with Crippen LogP contribution in [-0.4, -0.2) is 18.6 Å². The van der Waals surface area contributed by atoms with Crippen LogP contribution >= 0.6 is 0 Å². The van der Waals surface area contributed by atoms with E-state index in [1.54, 1.807) is 18.2 Å². The molecule has 2 atom stereocenters. The van der Waals surface area contributed by atoms with E-state index < -0.39 is 0 Å². The number of nitrogen functional groups attached to an aromatic ring is 1. The van der Waals surface area contributed by atoms with E-state index in [9.17, 15) is 4.79 Å². The van der Waals surface area contributed by atoms with Crippen LogP contribution in [0.15, 0.2) is 18.2 Å². The van der Waals surface area contributed by atoms with E-state index >= 15 is 0 Å². The number of rotatable bonds is 7. The fraction of sp³-hybridized carbons (Fsp3) is 0.562. The minimum Gasteiger partial charge on any atom is -0.491 e. The van der Waals surface area contributed by atoms with Crippen molar-refractivity contribution in [2.75, 3.05) is 12.3 Å². The SMILES string of the molecule is CCOc1c(N)cccc1C(=O)NC(C)CC(C)CC. The predicted molar refractivity (Wildman–Crippen MR) is 83.0 cm³/mol. The van der Waals surface area contributed by atoms with E-state index in [1.165, 1.54) is 0 Å². The molecule has 0 bridgehead atoms. The van der Waals surface area contributed by atoms with Gasteiger partial charge in [0.15, 0.2) is 5.75 Å². The van der Waals surface area contributed by atoms with Gasteiger partial charge in [-0.3, -0.25) is 4.79 Å². The van der Waals surface area contributed by atoms with Crippen molar-refractivity contribution in [1.82, 2.24) is 5.32 Å². The van der Waals surface area contributed by atoms with E-state index in [2.05, 4.69) is 19.2 Å². The zero-order valence-corrected chi connectivity index (χ0v) is 12.9. The molecule has 0 radical (unpaired) electrons. The molecule has 112 valence electrons. The topological polar surface area (TPSA) is 64.3 Å². The standard InChI is InChI=1S/C16H26N2O2/c1-5-11(3)10-12(4)18-16(19)13-8-7-9-14(17)15(13)20-6-2/h7-9,11-12H,5-6,10,17H2,1-4H3,(H,18,19). The first-order chi connectivity index (χ1) is 9.49. The van der Waals surface area contributed by atoms with Crippen molar-refractivity contribution >= 4 is 11.6 Å². The zero-order valence-electron chi connectivity index (χ0n) is 12.9. The monoisotopic (exact) mass is 278 g/mol. The fourth-order valence-corrected chi connectivity index (χ4v) is 2.17. The Bertz CT molecular complexity index is 446. The Hall–Kier alpha value is -1.71. The zero-order chi connectivity index (χ0) is 15.1. The smallest absolute Gasteiger partial charge is 0.255 e. The minimum atomic E-state index is -0.128. The first kappa shape index (κ1) is 16.3. The lowest BCUT2D eigenvalue weighted by Crippen LogP contribution is -2.34. The maximum atomic E-state index is 12.3. The Morgan fingerprint density at radius 3 is 2.65 bits per heavy atom. The van der Waals surface area contributed by atoms with Gasteiger partial charge in [-0.2, -0.15) is 0 Å². The van der Waals surface area contributed by atoms with E-state index in [4.69, 9.17) is 10.5 Å². The highest BCUT2D eigenvalue weighted by Crippen LogP contribution is 2.26. The summed E-state index contributed by atoms with van der Waals surface area (Å²) in [5.41, 5.74) is 6.87. The molecule has 4 heteroatoms. The van der Waals surface area contributed by atoms with Crippen molar-refractivity contribution < 1.29 is 9.53 Å². The minimum absolute atomic E-state index is 0.128. The number of carbonyl (C=O) groups excluding carboxylic acids is 1. The van der Waals surface area contributed by atoms with Gasteiger partial charge < -0.3 is 15.8 Å². The summed E-state index contributed by atoms with van der Waals surface area (Å²) >= 11 is 0. The van der Waals surface area contributed by atoms with E-state index in [0.717, 1.165) is 12.8 Å². The Labute approximate surface area is 121 Å². The number of nitrogens with two attached hydrogens (primary N) is 1. The van der Waals surface area contributed by atoms with Crippen LogP contribution in [0.5, 0.6) is 5.75 Å². The normalized spacial score (nSPS) is 13.6. The summed E-state index contributed by atoms with van der Waals surface area (Å²) in [5.74, 6) is 0.942. The van der Waals surface area contributed by atoms with Crippen LogP contribution in [0.25, 0.3) is 0 Å². The Balaban J connectivity index is 2.79. The molecule has 1 aromatic carbocycles. The number of ether oxygens (including phenoxy) is 1. The lowest BCUT2D eigenvalue weighted by atomic mass is 10.00. The van der Waals surface area contributed by atoms with Crippen LogP contribution in [0.4, 0.5) is 5.69 Å². The van der Waals surface area contributed by atoms with Gasteiger partial charge in [0.25, 0.3) is 5.91 Å². The van der Waals surface area contributed by atoms with Gasteiger partial charge in [-0.1, -0.05) is 26.3 Å². The molecule has 1 rings (SSSR count). The summed E-state index contributed by atoms with van der Waals surface area (Å²) in [6, 6.07) is 5.39. The molecule has 0 aliphatic rings. The summed E-state index contributed by atoms with van der Waals surface area (Å²) < 4.78 is 5.49. The highest BCUT2D eigenvalue weighted by molar-refractivity contribution is 5.98. The predicted octanol–water partition coefficient (Wildman–Crippen LogP) is 3.22. The number of hydrogen-bond acceptors (Lipinski definition) is 3. The number of amides is 1. The van der Waals surface area contributed by atoms with E-state index in [0.29, 0.717) is 29.5 Å². The third-order valence-corrected chi connectivity index (χ3v) is 3.41. The molecule has 0 fully saturated rings. The van der Waals surface area contributed by atoms with E-state index in [-0.39, 0.29) is 11.9 Å². The van der Waals surface area contributed by atoms with Crippen LogP contribution in [-0.2, 0) is 0 Å². The number of carbonyl (C=O) groups is 1. The van der Waals surface area contributed by atoms with Crippen molar-refractivity contribution in [2.24, 2.45) is 5.92 Å². The van der Waals surface area contributed by atoms with Crippen molar-refractivity contribution in [3.63, 3.8) is 0 Å². The van der Waals surface area contributed by atoms with Gasteiger partial charge in [0.05, 0.1) is 17.9 Å². The molecule has 0 spiro atoms. The number of benzene rings is 1. The van der Waals surface area contributed by atoms with Crippen LogP contribution in [0.3, 0.4) is 0 Å². The van der Waals surface area contributed by atoms with E-state index in [1.807, 2.05) is 13.8 Å². The Morgan fingerprint density at radius 2 is 2.05 bits per heavy atom. The molecule has 0 heterocycles. The Kier molecular flexibility index (Phi) is 6.36. The summed E-state index contributed by atoms with van der Waals surface area (Å²) in [6.07, 6.45) is 2.08. The van der Waals surface area contributed by atoms with Crippen molar-refractivity contribution in [3.05, 3.63) is 23.8 Å². The summed E-state index contributed by atoms with van der Waals surface area (Å²) in [7, 11) is 0. The van der Waals surface area contributed by atoms with Crippen LogP contribution in [0, 0.1) is 5.92 Å². The molecule has 3 N–H and O–H groups in total. The highest BCUT2D eigenvalue weighted by atomic mass is 16.5. The molecule has 1 aromatic rings. The average Bonchev–Trinajstić information content (AvgIpc) is 2.40. The molecular formula is C16H26N2O2. The van der Waals surface area contributed by atoms with Crippen LogP contribution in [0.1, 0.15) is 50.9 Å². The molecule has 0 saturated carbocycles. The third kappa shape index (κ3) is 4.44. The second-order valence-electron chi connectivity index (χ2n) is 5.28. The summed E-state index contributed by atoms with van der Waals surface area (Å²) in [4.78, 5) is 12.3. The van der Waals surface area contributed by atoms with Gasteiger partial charge in [-0.05, 0) is 38.3 Å². The van der Waals surface area contributed by atoms with Crippen LogP contribution in [0.2, 0.25) is 0 Å². The van der Waals surface area contributed by atoms with Gasteiger partial charge in [0, 0.05) is 6.04 Å². The molecule has 0 aromatic heterocycles. The quantitative estimate of drug-likeness (QED) is 0.753. The van der Waals surface area contributed by atoms with Crippen LogP contribution < -0.4 is 15.8 Å². The maximum Gasteiger partial charge on any atom is 0.255 e. The number of hydrogen-bond donors (Lipinski definition) is 2. The fourth-order valence-electron chi connectivity index (χ4n) is 2.17. The molecular weight excluding hydrogens is 252 g/mol. The molecule has 0 aliphatic carbocycles. The van der Waals surface area contributed by atoms with Gasteiger partial charge in [-0.25, -0.2) is 0 Å². The number of nitrogens with one attached hydrogen (secondary N) is 1. The first-order valence-electron chi connectivity index (χ1n) is 7.31. The lowest BCUT2D eigenvalue weighted by molar-refractivity contribution is 0.0931. The molecule has 20 heavy (non-hydrogen) atoms. The van der Waals surface area contributed by atoms with Gasteiger partial charge >= 0.3 is 0 Å². The van der Waals surface area contributed by atoms with Crippen molar-refractivity contribution in [3.8, 4) is 5.75 Å². The molecule has 1 amide bonds. The largest absolute Gasteiger partial charge is 0.491 e. The Morgan fingerprint density at radius 1 is 1.35 bits per heavy atom. The molecule has 2 unspecified atom stereocenters. The second kappa shape index (κ2) is 7.78.